The molecule has 0 unspecified atom stereocenters. The third-order valence-electron chi connectivity index (χ3n) is 7.18. The molecule has 1 saturated heterocycles. The molecule has 1 fully saturated rings. The standard InChI is InChI=1S/C30H28N4O5S2/c1-6-39-28(38)23-18(5)31-30-34(24(23)19-10-7-15(2)8-11-19)27(37)22(41-30)14-21-25(35)32-29(40)33(26(21)36)20-12-9-16(3)17(4)13-20/h7-14,21,24H,6H2,1-5H3,(H,32,35,40)/b22-14-/t21-,24-/m1/s1. The number of aromatic nitrogens is 1. The number of amides is 2. The number of allylic oxidation sites excluding steroid dienone is 1. The highest BCUT2D eigenvalue weighted by molar-refractivity contribution is 7.80. The number of rotatable bonds is 5. The Hall–Kier alpha value is -4.22. The second-order valence-corrected chi connectivity index (χ2v) is 11.3. The number of carbonyl (C=O) groups is 3. The van der Waals surface area contributed by atoms with Gasteiger partial charge in [0, 0.05) is 0 Å². The summed E-state index contributed by atoms with van der Waals surface area (Å²) in [6.45, 7) is 9.40. The second kappa shape index (κ2) is 11.0. The van der Waals surface area contributed by atoms with Crippen LogP contribution in [0.3, 0.4) is 0 Å². The van der Waals surface area contributed by atoms with Crippen LogP contribution in [0.1, 0.15) is 42.1 Å². The van der Waals surface area contributed by atoms with Gasteiger partial charge >= 0.3 is 5.97 Å². The maximum Gasteiger partial charge on any atom is 0.338 e. The highest BCUT2D eigenvalue weighted by Crippen LogP contribution is 2.31. The molecular formula is C30H28N4O5S2. The van der Waals surface area contributed by atoms with E-state index in [-0.39, 0.29) is 21.8 Å². The van der Waals surface area contributed by atoms with Gasteiger partial charge in [0.2, 0.25) is 11.8 Å². The molecular weight excluding hydrogens is 560 g/mol. The molecule has 11 heteroatoms. The van der Waals surface area contributed by atoms with Crippen molar-refractivity contribution in [2.75, 3.05) is 11.5 Å². The van der Waals surface area contributed by atoms with Crippen LogP contribution in [0.15, 0.2) is 63.5 Å². The number of ether oxygens (including phenoxy) is 1. The lowest BCUT2D eigenvalue weighted by Gasteiger charge is -2.31. The van der Waals surface area contributed by atoms with Crippen LogP contribution in [0, 0.1) is 26.7 Å². The van der Waals surface area contributed by atoms with Gasteiger partial charge in [0.25, 0.3) is 5.56 Å². The van der Waals surface area contributed by atoms with Crippen LogP contribution >= 0.6 is 23.6 Å². The van der Waals surface area contributed by atoms with Gasteiger partial charge in [-0.05, 0) is 81.7 Å². The first-order chi connectivity index (χ1) is 19.5. The molecule has 2 amide bonds. The van der Waals surface area contributed by atoms with Gasteiger partial charge in [0.05, 0.1) is 34.1 Å². The Morgan fingerprint density at radius 2 is 1.78 bits per heavy atom. The van der Waals surface area contributed by atoms with E-state index in [1.165, 1.54) is 15.5 Å². The van der Waals surface area contributed by atoms with Crippen LogP contribution in [0.2, 0.25) is 0 Å². The minimum Gasteiger partial charge on any atom is -0.463 e. The summed E-state index contributed by atoms with van der Waals surface area (Å²) in [5, 5.41) is 2.57. The molecule has 1 aromatic heterocycles. The lowest BCUT2D eigenvalue weighted by atomic mass is 9.95. The van der Waals surface area contributed by atoms with Gasteiger partial charge in [-0.15, -0.1) is 0 Å². The SMILES string of the molecule is CCOC(=O)C1=C(C)N=c2s/c(=C\[C@@H]3C(=O)NC(=S)N(c4ccc(C)c(C)c4)C3=O)c(=O)n2[C@@H]1c1ccc(C)cc1. The lowest BCUT2D eigenvalue weighted by Crippen LogP contribution is -2.58. The zero-order valence-electron chi connectivity index (χ0n) is 23.2. The van der Waals surface area contributed by atoms with Gasteiger partial charge in [0.15, 0.2) is 9.91 Å². The molecule has 41 heavy (non-hydrogen) atoms. The monoisotopic (exact) mass is 588 g/mol. The van der Waals surface area contributed by atoms with Crippen molar-refractivity contribution in [3.05, 3.63) is 95.7 Å². The third-order valence-corrected chi connectivity index (χ3v) is 8.46. The normalized spacial score (nSPS) is 19.2. The van der Waals surface area contributed by atoms with Crippen LogP contribution in [-0.2, 0) is 19.1 Å². The van der Waals surface area contributed by atoms with Gasteiger partial charge in [-0.25, -0.2) is 9.79 Å². The zero-order valence-corrected chi connectivity index (χ0v) is 24.8. The summed E-state index contributed by atoms with van der Waals surface area (Å²) in [7, 11) is 0. The highest BCUT2D eigenvalue weighted by atomic mass is 32.1. The van der Waals surface area contributed by atoms with Crippen molar-refractivity contribution in [1.82, 2.24) is 9.88 Å². The Morgan fingerprint density at radius 3 is 2.44 bits per heavy atom. The van der Waals surface area contributed by atoms with Crippen molar-refractivity contribution in [2.45, 2.75) is 40.7 Å². The number of fused-ring (bicyclic) bond motifs is 1. The van der Waals surface area contributed by atoms with Crippen molar-refractivity contribution in [1.29, 1.82) is 0 Å². The van der Waals surface area contributed by atoms with Gasteiger partial charge in [-0.2, -0.15) is 0 Å². The fourth-order valence-corrected chi connectivity index (χ4v) is 6.22. The number of esters is 1. The number of aryl methyl sites for hydroxylation is 3. The first-order valence-electron chi connectivity index (χ1n) is 13.0. The van der Waals surface area contributed by atoms with E-state index in [1.807, 2.05) is 57.2 Å². The van der Waals surface area contributed by atoms with Gasteiger partial charge < -0.3 is 10.1 Å². The van der Waals surface area contributed by atoms with Gasteiger partial charge in [-0.3, -0.25) is 23.9 Å². The Labute approximate surface area is 245 Å². The molecule has 9 nitrogen and oxygen atoms in total. The van der Waals surface area contributed by atoms with Crippen molar-refractivity contribution >= 4 is 58.2 Å². The number of benzene rings is 2. The number of anilines is 1. The first-order valence-corrected chi connectivity index (χ1v) is 14.3. The number of hydrogen-bond donors (Lipinski definition) is 1. The summed E-state index contributed by atoms with van der Waals surface area (Å²) in [4.78, 5) is 59.8. The largest absolute Gasteiger partial charge is 0.463 e. The fourth-order valence-electron chi connectivity index (χ4n) is 4.87. The molecule has 0 bridgehead atoms. The maximum atomic E-state index is 13.9. The average molecular weight is 589 g/mol. The van der Waals surface area contributed by atoms with Crippen LogP contribution < -0.4 is 25.1 Å². The summed E-state index contributed by atoms with van der Waals surface area (Å²) in [5.74, 6) is -3.04. The summed E-state index contributed by atoms with van der Waals surface area (Å²) < 4.78 is 6.91. The molecule has 2 aliphatic heterocycles. The predicted molar refractivity (Wildman–Crippen MR) is 160 cm³/mol. The van der Waals surface area contributed by atoms with Crippen molar-refractivity contribution in [3.63, 3.8) is 0 Å². The Bertz CT molecular complexity index is 1840. The van der Waals surface area contributed by atoms with Crippen LogP contribution in [0.25, 0.3) is 6.08 Å². The second-order valence-electron chi connectivity index (χ2n) is 9.95. The lowest BCUT2D eigenvalue weighted by molar-refractivity contribution is -0.139. The van der Waals surface area contributed by atoms with E-state index in [9.17, 15) is 19.2 Å². The van der Waals surface area contributed by atoms with E-state index in [0.29, 0.717) is 21.7 Å². The van der Waals surface area contributed by atoms with E-state index in [4.69, 9.17) is 17.0 Å². The van der Waals surface area contributed by atoms with Crippen molar-refractivity contribution in [2.24, 2.45) is 10.9 Å². The molecule has 0 radical (unpaired) electrons. The van der Waals surface area contributed by atoms with E-state index in [1.54, 1.807) is 19.9 Å². The molecule has 0 aliphatic carbocycles. The number of hydrogen-bond acceptors (Lipinski definition) is 8. The number of thiocarbonyl (C=S) groups is 1. The molecule has 3 heterocycles. The highest BCUT2D eigenvalue weighted by Gasteiger charge is 2.39. The first kappa shape index (κ1) is 28.3. The summed E-state index contributed by atoms with van der Waals surface area (Å²) in [5.41, 5.74) is 4.48. The molecule has 210 valence electrons. The minimum absolute atomic E-state index is 0.0246. The fraction of sp³-hybridized carbons (Fsp3) is 0.267. The predicted octanol–water partition coefficient (Wildman–Crippen LogP) is 2.74. The third kappa shape index (κ3) is 5.07. The van der Waals surface area contributed by atoms with Gasteiger partial charge in [-0.1, -0.05) is 47.2 Å². The van der Waals surface area contributed by atoms with E-state index in [0.717, 1.165) is 28.0 Å². The number of carbonyl (C=O) groups excluding carboxylic acids is 3. The summed E-state index contributed by atoms with van der Waals surface area (Å²) in [6, 6.07) is 12.2. The smallest absolute Gasteiger partial charge is 0.338 e. The Kier molecular flexibility index (Phi) is 7.58. The molecule has 0 saturated carbocycles. The number of nitrogens with zero attached hydrogens (tertiary/aromatic N) is 3. The number of nitrogens with one attached hydrogen (secondary N) is 1. The molecule has 0 spiro atoms. The van der Waals surface area contributed by atoms with E-state index in [2.05, 4.69) is 10.3 Å². The maximum absolute atomic E-state index is 13.9. The average Bonchev–Trinajstić information content (AvgIpc) is 3.22. The number of thiazole rings is 1. The Morgan fingerprint density at radius 1 is 1.07 bits per heavy atom. The molecule has 3 aromatic rings. The molecule has 2 aromatic carbocycles. The summed E-state index contributed by atoms with van der Waals surface area (Å²) >= 11 is 6.39. The van der Waals surface area contributed by atoms with E-state index < -0.39 is 35.3 Å². The van der Waals surface area contributed by atoms with E-state index >= 15 is 0 Å². The quantitative estimate of drug-likeness (QED) is 0.279. The summed E-state index contributed by atoms with van der Waals surface area (Å²) in [6.07, 6.45) is 1.35. The van der Waals surface area contributed by atoms with Crippen LogP contribution in [-0.4, -0.2) is 34.1 Å². The Balaban J connectivity index is 1.64. The molecule has 5 rings (SSSR count). The molecule has 1 N–H and O–H groups in total. The molecule has 2 atom stereocenters. The molecule has 2 aliphatic rings. The zero-order chi connectivity index (χ0) is 29.6. The minimum atomic E-state index is -1.30. The van der Waals surface area contributed by atoms with Gasteiger partial charge in [0.1, 0.15) is 5.92 Å². The van der Waals surface area contributed by atoms with Crippen LogP contribution in [0.5, 0.6) is 0 Å². The van der Waals surface area contributed by atoms with Crippen LogP contribution in [0.4, 0.5) is 5.69 Å². The van der Waals surface area contributed by atoms with Crippen molar-refractivity contribution < 1.29 is 19.1 Å². The van der Waals surface area contributed by atoms with Crippen molar-refractivity contribution in [3.8, 4) is 0 Å². The topological polar surface area (TPSA) is 110 Å².